The van der Waals surface area contributed by atoms with Crippen molar-refractivity contribution in [1.29, 1.82) is 0 Å². The highest BCUT2D eigenvalue weighted by atomic mass is 35.5. The standard InChI is InChI=1S/C22H23ClN2O5/c1-14(26)30-18-5-3-4-15(12-18)22(28)25-10-8-17(9-11-25)24-21(27)19-13-16(23)6-7-20(19)29-2/h3-7,12-13,17H,8-11H2,1-2H3,(H,24,27). The van der Waals surface area contributed by atoms with E-state index in [4.69, 9.17) is 21.1 Å². The average Bonchev–Trinajstić information content (AvgIpc) is 2.73. The number of halogens is 1. The summed E-state index contributed by atoms with van der Waals surface area (Å²) in [6.45, 7) is 2.33. The minimum Gasteiger partial charge on any atom is -0.496 e. The number of benzene rings is 2. The van der Waals surface area contributed by atoms with Crippen LogP contribution in [0.5, 0.6) is 11.5 Å². The molecule has 1 aliphatic rings. The molecule has 7 nitrogen and oxygen atoms in total. The first kappa shape index (κ1) is 21.6. The molecule has 158 valence electrons. The molecule has 2 amide bonds. The Labute approximate surface area is 179 Å². The van der Waals surface area contributed by atoms with Gasteiger partial charge in [0.1, 0.15) is 11.5 Å². The van der Waals surface area contributed by atoms with Gasteiger partial charge in [-0.3, -0.25) is 14.4 Å². The van der Waals surface area contributed by atoms with Crippen molar-refractivity contribution in [1.82, 2.24) is 10.2 Å². The van der Waals surface area contributed by atoms with Crippen LogP contribution in [0.1, 0.15) is 40.5 Å². The van der Waals surface area contributed by atoms with Gasteiger partial charge in [-0.1, -0.05) is 17.7 Å². The Morgan fingerprint density at radius 2 is 1.83 bits per heavy atom. The number of nitrogens with one attached hydrogen (secondary N) is 1. The van der Waals surface area contributed by atoms with E-state index in [0.717, 1.165) is 0 Å². The Kier molecular flexibility index (Phi) is 6.95. The largest absolute Gasteiger partial charge is 0.496 e. The highest BCUT2D eigenvalue weighted by molar-refractivity contribution is 6.31. The van der Waals surface area contributed by atoms with Crippen molar-refractivity contribution in [2.75, 3.05) is 20.2 Å². The zero-order chi connectivity index (χ0) is 21.7. The minimum absolute atomic E-state index is 0.0578. The van der Waals surface area contributed by atoms with Crippen LogP contribution >= 0.6 is 11.6 Å². The highest BCUT2D eigenvalue weighted by Gasteiger charge is 2.26. The van der Waals surface area contributed by atoms with Gasteiger partial charge in [-0.15, -0.1) is 0 Å². The maximum absolute atomic E-state index is 12.8. The molecule has 0 spiro atoms. The number of piperidine rings is 1. The third kappa shape index (κ3) is 5.30. The Balaban J connectivity index is 1.58. The van der Waals surface area contributed by atoms with E-state index in [-0.39, 0.29) is 17.9 Å². The molecule has 0 radical (unpaired) electrons. The zero-order valence-corrected chi connectivity index (χ0v) is 17.6. The summed E-state index contributed by atoms with van der Waals surface area (Å²) in [7, 11) is 1.50. The third-order valence-corrected chi connectivity index (χ3v) is 5.10. The van der Waals surface area contributed by atoms with Crippen LogP contribution < -0.4 is 14.8 Å². The van der Waals surface area contributed by atoms with Gasteiger partial charge in [-0.2, -0.15) is 0 Å². The van der Waals surface area contributed by atoms with Crippen LogP contribution in [0, 0.1) is 0 Å². The van der Waals surface area contributed by atoms with Crippen LogP contribution in [-0.4, -0.2) is 48.9 Å². The van der Waals surface area contributed by atoms with E-state index < -0.39 is 5.97 Å². The number of carbonyl (C=O) groups is 3. The molecule has 1 saturated heterocycles. The minimum atomic E-state index is -0.438. The summed E-state index contributed by atoms with van der Waals surface area (Å²) >= 11 is 6.00. The quantitative estimate of drug-likeness (QED) is 0.581. The van der Waals surface area contributed by atoms with E-state index in [1.165, 1.54) is 14.0 Å². The summed E-state index contributed by atoms with van der Waals surface area (Å²) in [4.78, 5) is 38.3. The summed E-state index contributed by atoms with van der Waals surface area (Å²) in [6, 6.07) is 11.4. The second-order valence-electron chi connectivity index (χ2n) is 7.01. The number of hydrogen-bond donors (Lipinski definition) is 1. The van der Waals surface area contributed by atoms with Gasteiger partial charge < -0.3 is 19.7 Å². The number of methoxy groups -OCH3 is 1. The molecule has 0 aliphatic carbocycles. The number of esters is 1. The number of hydrogen-bond acceptors (Lipinski definition) is 5. The molecule has 3 rings (SSSR count). The van der Waals surface area contributed by atoms with E-state index in [0.29, 0.717) is 53.6 Å². The van der Waals surface area contributed by atoms with Crippen LogP contribution in [0.2, 0.25) is 5.02 Å². The van der Waals surface area contributed by atoms with Crippen LogP contribution in [0.15, 0.2) is 42.5 Å². The summed E-state index contributed by atoms with van der Waals surface area (Å²) in [5.41, 5.74) is 0.839. The van der Waals surface area contributed by atoms with E-state index >= 15 is 0 Å². The molecule has 2 aromatic rings. The van der Waals surface area contributed by atoms with Gasteiger partial charge in [0.25, 0.3) is 11.8 Å². The molecule has 0 bridgehead atoms. The molecule has 0 saturated carbocycles. The van der Waals surface area contributed by atoms with Crippen LogP contribution in [0.3, 0.4) is 0 Å². The van der Waals surface area contributed by atoms with Gasteiger partial charge >= 0.3 is 5.97 Å². The predicted molar refractivity (Wildman–Crippen MR) is 112 cm³/mol. The summed E-state index contributed by atoms with van der Waals surface area (Å²) < 4.78 is 10.3. The van der Waals surface area contributed by atoms with Crippen LogP contribution in [-0.2, 0) is 4.79 Å². The fourth-order valence-corrected chi connectivity index (χ4v) is 3.56. The molecule has 0 unspecified atom stereocenters. The maximum atomic E-state index is 12.8. The lowest BCUT2D eigenvalue weighted by Gasteiger charge is -2.32. The number of amides is 2. The molecular weight excluding hydrogens is 408 g/mol. The first-order valence-corrected chi connectivity index (χ1v) is 9.97. The molecule has 0 atom stereocenters. The summed E-state index contributed by atoms with van der Waals surface area (Å²) in [5.74, 6) is -0.0332. The lowest BCUT2D eigenvalue weighted by Crippen LogP contribution is -2.46. The number of nitrogens with zero attached hydrogens (tertiary/aromatic N) is 1. The van der Waals surface area contributed by atoms with Gasteiger partial charge in [-0.05, 0) is 49.2 Å². The normalized spacial score (nSPS) is 14.2. The Morgan fingerprint density at radius 3 is 2.50 bits per heavy atom. The molecule has 0 aromatic heterocycles. The maximum Gasteiger partial charge on any atom is 0.308 e. The lowest BCUT2D eigenvalue weighted by atomic mass is 10.0. The third-order valence-electron chi connectivity index (χ3n) is 4.87. The fourth-order valence-electron chi connectivity index (χ4n) is 3.39. The first-order valence-electron chi connectivity index (χ1n) is 9.59. The molecule has 2 aromatic carbocycles. The zero-order valence-electron chi connectivity index (χ0n) is 16.8. The Bertz CT molecular complexity index is 954. The van der Waals surface area contributed by atoms with Crippen molar-refractivity contribution in [3.8, 4) is 11.5 Å². The number of rotatable bonds is 5. The molecule has 8 heteroatoms. The Morgan fingerprint density at radius 1 is 1.10 bits per heavy atom. The van der Waals surface area contributed by atoms with Gasteiger partial charge in [0.05, 0.1) is 12.7 Å². The Hall–Kier alpha value is -3.06. The van der Waals surface area contributed by atoms with Gasteiger partial charge in [0.2, 0.25) is 0 Å². The van der Waals surface area contributed by atoms with Crippen molar-refractivity contribution >= 4 is 29.4 Å². The van der Waals surface area contributed by atoms with Crippen molar-refractivity contribution in [3.63, 3.8) is 0 Å². The number of likely N-dealkylation sites (tertiary alicyclic amines) is 1. The van der Waals surface area contributed by atoms with E-state index in [9.17, 15) is 14.4 Å². The van der Waals surface area contributed by atoms with E-state index in [1.54, 1.807) is 47.4 Å². The molecule has 1 heterocycles. The van der Waals surface area contributed by atoms with Gasteiger partial charge in [0, 0.05) is 36.6 Å². The summed E-state index contributed by atoms with van der Waals surface area (Å²) in [5, 5.41) is 3.45. The topological polar surface area (TPSA) is 84.9 Å². The molecule has 30 heavy (non-hydrogen) atoms. The molecular formula is C22H23ClN2O5. The fraction of sp³-hybridized carbons (Fsp3) is 0.318. The predicted octanol–water partition coefficient (Wildman–Crippen LogP) is 3.31. The summed E-state index contributed by atoms with van der Waals surface area (Å²) in [6.07, 6.45) is 1.26. The number of carbonyl (C=O) groups excluding carboxylic acids is 3. The molecule has 1 N–H and O–H groups in total. The average molecular weight is 431 g/mol. The number of ether oxygens (including phenoxy) is 2. The van der Waals surface area contributed by atoms with Crippen molar-refractivity contribution in [3.05, 3.63) is 58.6 Å². The van der Waals surface area contributed by atoms with Crippen molar-refractivity contribution < 1.29 is 23.9 Å². The molecule has 1 fully saturated rings. The van der Waals surface area contributed by atoms with Crippen LogP contribution in [0.4, 0.5) is 0 Å². The first-order chi connectivity index (χ1) is 14.4. The lowest BCUT2D eigenvalue weighted by molar-refractivity contribution is -0.131. The van der Waals surface area contributed by atoms with E-state index in [2.05, 4.69) is 5.32 Å². The molecule has 1 aliphatic heterocycles. The SMILES string of the molecule is COc1ccc(Cl)cc1C(=O)NC1CCN(C(=O)c2cccc(OC(C)=O)c2)CC1. The monoisotopic (exact) mass is 430 g/mol. The smallest absolute Gasteiger partial charge is 0.308 e. The second-order valence-corrected chi connectivity index (χ2v) is 7.44. The van der Waals surface area contributed by atoms with Crippen LogP contribution in [0.25, 0.3) is 0 Å². The van der Waals surface area contributed by atoms with Gasteiger partial charge in [0.15, 0.2) is 0 Å². The van der Waals surface area contributed by atoms with E-state index in [1.807, 2.05) is 0 Å². The second kappa shape index (κ2) is 9.63. The van der Waals surface area contributed by atoms with Gasteiger partial charge in [-0.25, -0.2) is 0 Å². The van der Waals surface area contributed by atoms with Crippen molar-refractivity contribution in [2.45, 2.75) is 25.8 Å². The highest BCUT2D eigenvalue weighted by Crippen LogP contribution is 2.23. The van der Waals surface area contributed by atoms with Crippen molar-refractivity contribution in [2.24, 2.45) is 0 Å².